The van der Waals surface area contributed by atoms with Gasteiger partial charge in [0.05, 0.1) is 21.7 Å². The molecule has 0 saturated heterocycles. The lowest BCUT2D eigenvalue weighted by atomic mass is 10.2. The van der Waals surface area contributed by atoms with Crippen LogP contribution in [0.2, 0.25) is 5.02 Å². The maximum atomic E-state index is 12.8. The molecule has 2 atom stereocenters. The van der Waals surface area contributed by atoms with Crippen LogP contribution in [0, 0.1) is 0 Å². The van der Waals surface area contributed by atoms with Crippen molar-refractivity contribution < 1.29 is 18.3 Å². The highest BCUT2D eigenvalue weighted by Crippen LogP contribution is 2.43. The Hall–Kier alpha value is -0.540. The number of halogens is 4. The topological polar surface area (TPSA) is 58.3 Å². The second kappa shape index (κ2) is 7.57. The predicted octanol–water partition coefficient (Wildman–Crippen LogP) is 4.36. The van der Waals surface area contributed by atoms with Crippen LogP contribution in [0.3, 0.4) is 0 Å². The van der Waals surface area contributed by atoms with Crippen LogP contribution in [-0.4, -0.2) is 16.7 Å². The summed E-state index contributed by atoms with van der Waals surface area (Å²) in [5, 5.41) is 13.9. The van der Waals surface area contributed by atoms with Crippen LogP contribution < -0.4 is 11.1 Å². The number of hydrogen-bond acceptors (Lipinski definition) is 5. The zero-order valence-electron chi connectivity index (χ0n) is 12.2. The van der Waals surface area contributed by atoms with Gasteiger partial charge in [-0.1, -0.05) is 48.5 Å². The second-order valence-electron chi connectivity index (χ2n) is 4.93. The highest BCUT2D eigenvalue weighted by atomic mass is 35.5. The van der Waals surface area contributed by atoms with Gasteiger partial charge in [0.25, 0.3) is 0 Å². The molecule has 0 aliphatic carbocycles. The molecule has 0 spiro atoms. The Morgan fingerprint density at radius 1 is 1.48 bits per heavy atom. The van der Waals surface area contributed by atoms with Crippen LogP contribution in [0.15, 0.2) is 33.0 Å². The summed E-state index contributed by atoms with van der Waals surface area (Å²) in [5.74, 6) is 0. The summed E-state index contributed by atoms with van der Waals surface area (Å²) in [6.07, 6.45) is -3.80. The minimum atomic E-state index is -4.44. The van der Waals surface area contributed by atoms with Crippen molar-refractivity contribution in [2.45, 2.75) is 42.4 Å². The van der Waals surface area contributed by atoms with Gasteiger partial charge in [-0.2, -0.15) is 13.2 Å². The summed E-state index contributed by atoms with van der Waals surface area (Å²) in [5.41, 5.74) is 4.60. The number of nitrogens with one attached hydrogen (secondary N) is 1. The van der Waals surface area contributed by atoms with Crippen molar-refractivity contribution in [2.75, 3.05) is 0 Å². The lowest BCUT2D eigenvalue weighted by molar-refractivity contribution is -0.137. The number of aliphatic hydroxyl groups is 1. The molecule has 0 saturated carbocycles. The van der Waals surface area contributed by atoms with Crippen LogP contribution in [0.25, 0.3) is 0 Å². The van der Waals surface area contributed by atoms with Gasteiger partial charge in [-0.15, -0.1) is 0 Å². The molecule has 0 bridgehead atoms. The molecule has 0 aromatic heterocycles. The molecule has 4 N–H and O–H groups in total. The molecule has 1 aromatic carbocycles. The zero-order valence-corrected chi connectivity index (χ0v) is 14.5. The van der Waals surface area contributed by atoms with Gasteiger partial charge in [0.2, 0.25) is 0 Å². The summed E-state index contributed by atoms with van der Waals surface area (Å²) in [4.78, 5) is 0.901. The van der Waals surface area contributed by atoms with E-state index in [-0.39, 0.29) is 9.92 Å². The van der Waals surface area contributed by atoms with Crippen molar-refractivity contribution in [1.82, 2.24) is 5.32 Å². The smallest absolute Gasteiger partial charge is 0.388 e. The van der Waals surface area contributed by atoms with Crippen molar-refractivity contribution >= 4 is 35.1 Å². The summed E-state index contributed by atoms with van der Waals surface area (Å²) < 4.78 is 38.5. The second-order valence-corrected chi connectivity index (χ2v) is 7.57. The molecule has 1 heterocycles. The van der Waals surface area contributed by atoms with Crippen LogP contribution in [0.5, 0.6) is 0 Å². The van der Waals surface area contributed by atoms with Crippen molar-refractivity contribution in [1.29, 1.82) is 0 Å². The molecular formula is C14H16ClF3N2OS2. The highest BCUT2D eigenvalue weighted by molar-refractivity contribution is 8.07. The zero-order chi connectivity index (χ0) is 17.2. The standard InChI is InChI=1S/C14H16ClF3N2OS2/c1-2-3-9(21)11-12(20-13(19)23-11)22-10-6-7(14(16,17)18)4-5-8(10)15/h4-6,9,13,20-21H,2-3,19H2,1H3. The Kier molecular flexibility index (Phi) is 6.18. The van der Waals surface area contributed by atoms with Crippen LogP contribution in [0.1, 0.15) is 25.3 Å². The highest BCUT2D eigenvalue weighted by Gasteiger charge is 2.32. The van der Waals surface area contributed by atoms with Crippen LogP contribution >= 0.6 is 35.1 Å². The van der Waals surface area contributed by atoms with E-state index in [2.05, 4.69) is 5.32 Å². The van der Waals surface area contributed by atoms with E-state index in [1.807, 2.05) is 6.92 Å². The molecule has 3 nitrogen and oxygen atoms in total. The summed E-state index contributed by atoms with van der Waals surface area (Å²) >= 11 is 8.33. The monoisotopic (exact) mass is 384 g/mol. The fourth-order valence-electron chi connectivity index (χ4n) is 2.00. The van der Waals surface area contributed by atoms with E-state index in [9.17, 15) is 18.3 Å². The predicted molar refractivity (Wildman–Crippen MR) is 89.0 cm³/mol. The molecule has 1 aliphatic rings. The van der Waals surface area contributed by atoms with Gasteiger partial charge in [0.15, 0.2) is 0 Å². The molecule has 1 aromatic rings. The number of thioether (sulfide) groups is 2. The molecule has 1 aliphatic heterocycles. The third kappa shape index (κ3) is 4.73. The number of benzene rings is 1. The molecule has 23 heavy (non-hydrogen) atoms. The molecule has 0 radical (unpaired) electrons. The molecule has 128 valence electrons. The quantitative estimate of drug-likeness (QED) is 0.704. The first-order valence-electron chi connectivity index (χ1n) is 6.88. The summed E-state index contributed by atoms with van der Waals surface area (Å²) in [6.45, 7) is 1.94. The van der Waals surface area contributed by atoms with E-state index in [0.717, 1.165) is 30.3 Å². The largest absolute Gasteiger partial charge is 0.416 e. The first-order valence-corrected chi connectivity index (χ1v) is 8.95. The third-order valence-corrected chi connectivity index (χ3v) is 5.86. The Balaban J connectivity index is 2.31. The summed E-state index contributed by atoms with van der Waals surface area (Å²) in [7, 11) is 0. The molecule has 9 heteroatoms. The van der Waals surface area contributed by atoms with E-state index < -0.39 is 23.3 Å². The Morgan fingerprint density at radius 3 is 2.78 bits per heavy atom. The molecule has 2 rings (SSSR count). The van der Waals surface area contributed by atoms with Gasteiger partial charge in [0.1, 0.15) is 5.50 Å². The number of aliphatic hydroxyl groups excluding tert-OH is 1. The first-order chi connectivity index (χ1) is 10.7. The van der Waals surface area contributed by atoms with E-state index in [1.54, 1.807) is 0 Å². The van der Waals surface area contributed by atoms with Crippen LogP contribution in [0.4, 0.5) is 13.2 Å². The first kappa shape index (κ1) is 18.8. The van der Waals surface area contributed by atoms with Crippen molar-refractivity contribution in [3.05, 3.63) is 38.7 Å². The van der Waals surface area contributed by atoms with E-state index in [4.69, 9.17) is 17.3 Å². The normalized spacial score (nSPS) is 19.9. The fourth-order valence-corrected chi connectivity index (χ4v) is 4.46. The average molecular weight is 385 g/mol. The Bertz CT molecular complexity index is 610. The lowest BCUT2D eigenvalue weighted by Gasteiger charge is -2.14. The molecule has 0 fully saturated rings. The molecule has 2 unspecified atom stereocenters. The third-order valence-electron chi connectivity index (χ3n) is 3.09. The SMILES string of the molecule is CCCC(O)C1=C(Sc2cc(C(F)(F)F)ccc2Cl)NC(N)S1. The lowest BCUT2D eigenvalue weighted by Crippen LogP contribution is -2.28. The minimum absolute atomic E-state index is 0.215. The van der Waals surface area contributed by atoms with E-state index >= 15 is 0 Å². The van der Waals surface area contributed by atoms with Gasteiger partial charge in [-0.25, -0.2) is 0 Å². The number of rotatable bonds is 5. The molecule has 0 amide bonds. The van der Waals surface area contributed by atoms with Crippen LogP contribution in [-0.2, 0) is 6.18 Å². The van der Waals surface area contributed by atoms with E-state index in [0.29, 0.717) is 16.4 Å². The summed E-state index contributed by atoms with van der Waals surface area (Å²) in [6, 6.07) is 3.16. The van der Waals surface area contributed by atoms with Crippen molar-refractivity contribution in [3.63, 3.8) is 0 Å². The maximum Gasteiger partial charge on any atom is 0.416 e. The number of hydrogen-bond donors (Lipinski definition) is 3. The number of nitrogens with two attached hydrogens (primary N) is 1. The minimum Gasteiger partial charge on any atom is -0.388 e. The van der Waals surface area contributed by atoms with Gasteiger partial charge < -0.3 is 16.2 Å². The van der Waals surface area contributed by atoms with Gasteiger partial charge >= 0.3 is 6.18 Å². The Labute approximate surface area is 145 Å². The fraction of sp³-hybridized carbons (Fsp3) is 0.429. The van der Waals surface area contributed by atoms with E-state index in [1.165, 1.54) is 17.8 Å². The number of alkyl halides is 3. The Morgan fingerprint density at radius 2 is 2.17 bits per heavy atom. The maximum absolute atomic E-state index is 12.8. The van der Waals surface area contributed by atoms with Gasteiger partial charge in [-0.05, 0) is 24.6 Å². The van der Waals surface area contributed by atoms with Gasteiger partial charge in [0, 0.05) is 9.80 Å². The molecular weight excluding hydrogens is 369 g/mol. The van der Waals surface area contributed by atoms with Gasteiger partial charge in [-0.3, -0.25) is 0 Å². The van der Waals surface area contributed by atoms with Crippen molar-refractivity contribution in [3.8, 4) is 0 Å². The average Bonchev–Trinajstić information content (AvgIpc) is 2.81. The van der Waals surface area contributed by atoms with Crippen molar-refractivity contribution in [2.24, 2.45) is 5.73 Å².